The molecule has 3 aromatic rings. The van der Waals surface area contributed by atoms with Crippen LogP contribution in [-0.4, -0.2) is 34.6 Å². The molecule has 0 radical (unpaired) electrons. The van der Waals surface area contributed by atoms with Crippen molar-refractivity contribution in [1.82, 2.24) is 14.9 Å². The Kier molecular flexibility index (Phi) is 6.12. The lowest BCUT2D eigenvalue weighted by molar-refractivity contribution is -0.144. The minimum absolute atomic E-state index is 0.137. The molecule has 0 aliphatic heterocycles. The zero-order valence-corrected chi connectivity index (χ0v) is 17.6. The van der Waals surface area contributed by atoms with Crippen LogP contribution in [-0.2, 0) is 16.1 Å². The van der Waals surface area contributed by atoms with Gasteiger partial charge in [-0.1, -0.05) is 44.2 Å². The summed E-state index contributed by atoms with van der Waals surface area (Å²) in [5.41, 5.74) is 1.36. The number of amides is 1. The second-order valence-corrected chi connectivity index (χ2v) is 8.12. The largest absolute Gasteiger partial charge is 0.467 e. The molecule has 0 aliphatic carbocycles. The van der Waals surface area contributed by atoms with Gasteiger partial charge in [0.15, 0.2) is 0 Å². The Labute approximate surface area is 172 Å². The number of carbonyl (C=O) groups is 2. The van der Waals surface area contributed by atoms with Gasteiger partial charge in [-0.2, -0.15) is 0 Å². The molecule has 0 bridgehead atoms. The van der Waals surface area contributed by atoms with E-state index in [2.05, 4.69) is 10.3 Å². The zero-order chi connectivity index (χ0) is 21.1. The Balaban J connectivity index is 1.95. The van der Waals surface area contributed by atoms with E-state index >= 15 is 0 Å². The number of thiophene rings is 1. The zero-order valence-electron chi connectivity index (χ0n) is 16.8. The Hall–Kier alpha value is -3.00. The monoisotopic (exact) mass is 413 g/mol. The van der Waals surface area contributed by atoms with Gasteiger partial charge < -0.3 is 10.1 Å². The molecule has 0 saturated carbocycles. The van der Waals surface area contributed by atoms with Crippen molar-refractivity contribution in [1.29, 1.82) is 0 Å². The number of esters is 1. The van der Waals surface area contributed by atoms with Crippen molar-refractivity contribution in [3.63, 3.8) is 0 Å². The summed E-state index contributed by atoms with van der Waals surface area (Å²) >= 11 is 1.15. The van der Waals surface area contributed by atoms with Gasteiger partial charge in [0.2, 0.25) is 0 Å². The van der Waals surface area contributed by atoms with Crippen molar-refractivity contribution < 1.29 is 14.3 Å². The molecule has 2 aromatic heterocycles. The molecule has 29 heavy (non-hydrogen) atoms. The van der Waals surface area contributed by atoms with Crippen LogP contribution in [0.4, 0.5) is 0 Å². The number of hydrogen-bond acceptors (Lipinski definition) is 6. The summed E-state index contributed by atoms with van der Waals surface area (Å²) in [7, 11) is 1.29. The van der Waals surface area contributed by atoms with E-state index in [9.17, 15) is 14.4 Å². The lowest BCUT2D eigenvalue weighted by Crippen LogP contribution is -2.44. The summed E-state index contributed by atoms with van der Waals surface area (Å²) in [5.74, 6) is -1.05. The van der Waals surface area contributed by atoms with Gasteiger partial charge in [-0.25, -0.2) is 9.78 Å². The van der Waals surface area contributed by atoms with Crippen LogP contribution in [0.3, 0.4) is 0 Å². The highest BCUT2D eigenvalue weighted by Crippen LogP contribution is 2.27. The fourth-order valence-corrected chi connectivity index (χ4v) is 4.14. The summed E-state index contributed by atoms with van der Waals surface area (Å²) in [5, 5.41) is 3.15. The SMILES string of the molecule is COC(=O)C(NC(=O)c1sc2ncn(Cc3ccccc3)c(=O)c2c1C)C(C)C. The Bertz CT molecular complexity index is 1100. The first-order chi connectivity index (χ1) is 13.8. The van der Waals surface area contributed by atoms with E-state index < -0.39 is 17.9 Å². The number of benzene rings is 1. The molecule has 1 aromatic carbocycles. The maximum absolute atomic E-state index is 13.0. The van der Waals surface area contributed by atoms with Crippen LogP contribution in [0.2, 0.25) is 0 Å². The van der Waals surface area contributed by atoms with E-state index in [1.807, 2.05) is 44.2 Å². The van der Waals surface area contributed by atoms with Crippen molar-refractivity contribution in [2.24, 2.45) is 5.92 Å². The molecule has 2 heterocycles. The lowest BCUT2D eigenvalue weighted by Gasteiger charge is -2.19. The van der Waals surface area contributed by atoms with Crippen LogP contribution < -0.4 is 10.9 Å². The molecule has 1 atom stereocenters. The third-order valence-corrected chi connectivity index (χ3v) is 5.93. The number of fused-ring (bicyclic) bond motifs is 1. The first-order valence-corrected chi connectivity index (χ1v) is 10.1. The van der Waals surface area contributed by atoms with Gasteiger partial charge in [0.1, 0.15) is 10.9 Å². The van der Waals surface area contributed by atoms with Crippen molar-refractivity contribution in [2.45, 2.75) is 33.4 Å². The number of aromatic nitrogens is 2. The molecule has 7 nitrogen and oxygen atoms in total. The summed E-state index contributed by atoms with van der Waals surface area (Å²) in [6, 6.07) is 8.86. The van der Waals surface area contributed by atoms with E-state index in [4.69, 9.17) is 4.74 Å². The van der Waals surface area contributed by atoms with E-state index in [0.29, 0.717) is 27.2 Å². The fraction of sp³-hybridized carbons (Fsp3) is 0.333. The third kappa shape index (κ3) is 4.22. The predicted octanol–water partition coefficient (Wildman–Crippen LogP) is 2.74. The predicted molar refractivity (Wildman–Crippen MR) is 112 cm³/mol. The van der Waals surface area contributed by atoms with Crippen LogP contribution in [0.15, 0.2) is 41.5 Å². The molecule has 0 saturated heterocycles. The van der Waals surface area contributed by atoms with Gasteiger partial charge in [0, 0.05) is 0 Å². The summed E-state index contributed by atoms with van der Waals surface area (Å²) in [6.07, 6.45) is 1.50. The maximum atomic E-state index is 13.0. The molecule has 0 aliphatic rings. The molecule has 3 rings (SSSR count). The van der Waals surface area contributed by atoms with Gasteiger partial charge in [0.05, 0.1) is 30.2 Å². The second-order valence-electron chi connectivity index (χ2n) is 7.12. The van der Waals surface area contributed by atoms with E-state index in [1.54, 1.807) is 6.92 Å². The average molecular weight is 413 g/mol. The van der Waals surface area contributed by atoms with Crippen molar-refractivity contribution in [3.8, 4) is 0 Å². The Morgan fingerprint density at radius 1 is 1.24 bits per heavy atom. The maximum Gasteiger partial charge on any atom is 0.328 e. The molecule has 0 spiro atoms. The smallest absolute Gasteiger partial charge is 0.328 e. The number of hydrogen-bond donors (Lipinski definition) is 1. The molecule has 8 heteroatoms. The number of aryl methyl sites for hydroxylation is 1. The van der Waals surface area contributed by atoms with Crippen molar-refractivity contribution in [3.05, 3.63) is 63.0 Å². The Morgan fingerprint density at radius 3 is 2.55 bits per heavy atom. The standard InChI is InChI=1S/C21H23N3O4S/c1-12(2)16(21(27)28-4)23-18(25)17-13(3)15-19(29-17)22-11-24(20(15)26)10-14-8-6-5-7-9-14/h5-9,11-12,16H,10H2,1-4H3,(H,23,25). The van der Waals surface area contributed by atoms with Crippen LogP contribution >= 0.6 is 11.3 Å². The number of rotatable bonds is 6. The van der Waals surface area contributed by atoms with E-state index in [1.165, 1.54) is 18.0 Å². The molecular weight excluding hydrogens is 390 g/mol. The number of methoxy groups -OCH3 is 1. The summed E-state index contributed by atoms with van der Waals surface area (Å²) < 4.78 is 6.31. The molecule has 1 N–H and O–H groups in total. The highest BCUT2D eigenvalue weighted by atomic mass is 32.1. The first kappa shape index (κ1) is 20.7. The summed E-state index contributed by atoms with van der Waals surface area (Å²) in [6.45, 7) is 5.77. The normalized spacial score (nSPS) is 12.2. The van der Waals surface area contributed by atoms with Crippen LogP contribution in [0, 0.1) is 12.8 Å². The van der Waals surface area contributed by atoms with Crippen LogP contribution in [0.25, 0.3) is 10.2 Å². The summed E-state index contributed by atoms with van der Waals surface area (Å²) in [4.78, 5) is 43.0. The molecule has 0 fully saturated rings. The van der Waals surface area contributed by atoms with Crippen LogP contribution in [0.5, 0.6) is 0 Å². The highest BCUT2D eigenvalue weighted by Gasteiger charge is 2.27. The van der Waals surface area contributed by atoms with Gasteiger partial charge in [-0.15, -0.1) is 11.3 Å². The number of nitrogens with zero attached hydrogens (tertiary/aromatic N) is 2. The first-order valence-electron chi connectivity index (χ1n) is 9.24. The highest BCUT2D eigenvalue weighted by molar-refractivity contribution is 7.20. The topological polar surface area (TPSA) is 90.3 Å². The number of nitrogens with one attached hydrogen (secondary N) is 1. The molecular formula is C21H23N3O4S. The van der Waals surface area contributed by atoms with Crippen LogP contribution in [0.1, 0.15) is 34.6 Å². The van der Waals surface area contributed by atoms with E-state index in [0.717, 1.165) is 16.9 Å². The minimum atomic E-state index is -0.764. The van der Waals surface area contributed by atoms with E-state index in [-0.39, 0.29) is 11.5 Å². The Morgan fingerprint density at radius 2 is 1.93 bits per heavy atom. The molecule has 1 amide bonds. The van der Waals surface area contributed by atoms with Gasteiger partial charge in [-0.3, -0.25) is 14.2 Å². The second kappa shape index (κ2) is 8.57. The quantitative estimate of drug-likeness (QED) is 0.628. The molecule has 1 unspecified atom stereocenters. The van der Waals surface area contributed by atoms with Crippen molar-refractivity contribution in [2.75, 3.05) is 7.11 Å². The molecule has 152 valence electrons. The van der Waals surface area contributed by atoms with Crippen molar-refractivity contribution >= 4 is 33.4 Å². The average Bonchev–Trinajstić information content (AvgIpc) is 3.05. The van der Waals surface area contributed by atoms with Gasteiger partial charge in [-0.05, 0) is 24.0 Å². The third-order valence-electron chi connectivity index (χ3n) is 4.73. The number of carbonyl (C=O) groups excluding carboxylic acids is 2. The minimum Gasteiger partial charge on any atom is -0.467 e. The lowest BCUT2D eigenvalue weighted by atomic mass is 10.0. The van der Waals surface area contributed by atoms with Gasteiger partial charge in [0.25, 0.3) is 11.5 Å². The fourth-order valence-electron chi connectivity index (χ4n) is 3.10. The van der Waals surface area contributed by atoms with Gasteiger partial charge >= 0.3 is 5.97 Å². The number of ether oxygens (including phenoxy) is 1.